The van der Waals surface area contributed by atoms with Crippen molar-refractivity contribution in [3.05, 3.63) is 59.7 Å². The largest absolute Gasteiger partial charge is 0.497 e. The van der Waals surface area contributed by atoms with Crippen LogP contribution in [0.3, 0.4) is 0 Å². The molecule has 1 atom stereocenters. The minimum atomic E-state index is -0.720. The number of hydrogen-bond acceptors (Lipinski definition) is 5. The Bertz CT molecular complexity index is 830. The molecule has 2 aromatic rings. The van der Waals surface area contributed by atoms with Crippen LogP contribution < -0.4 is 20.2 Å². The molecule has 0 spiro atoms. The molecule has 0 aliphatic carbocycles. The zero-order valence-electron chi connectivity index (χ0n) is 17.1. The monoisotopic (exact) mass is 397 g/mol. The summed E-state index contributed by atoms with van der Waals surface area (Å²) >= 11 is 0. The van der Waals surface area contributed by atoms with Gasteiger partial charge in [0.05, 0.1) is 19.9 Å². The van der Waals surface area contributed by atoms with Crippen LogP contribution in [0.15, 0.2) is 53.6 Å². The maximum Gasteiger partial charge on any atom is 0.262 e. The summed E-state index contributed by atoms with van der Waals surface area (Å²) < 4.78 is 10.5. The molecule has 0 heterocycles. The van der Waals surface area contributed by atoms with E-state index >= 15 is 0 Å². The van der Waals surface area contributed by atoms with Gasteiger partial charge in [-0.15, -0.1) is 0 Å². The molecule has 0 saturated carbocycles. The van der Waals surface area contributed by atoms with Crippen LogP contribution in [0.4, 0.5) is 0 Å². The summed E-state index contributed by atoms with van der Waals surface area (Å²) in [5, 5.41) is 6.75. The van der Waals surface area contributed by atoms with E-state index in [1.54, 1.807) is 31.4 Å². The highest BCUT2D eigenvalue weighted by Gasteiger charge is 2.24. The third kappa shape index (κ3) is 6.64. The zero-order chi connectivity index (χ0) is 21.2. The normalized spacial score (nSPS) is 11.9. The fraction of sp³-hybridized carbons (Fsp3) is 0.318. The van der Waals surface area contributed by atoms with Gasteiger partial charge in [0.25, 0.3) is 11.8 Å². The summed E-state index contributed by atoms with van der Waals surface area (Å²) in [6, 6.07) is 13.3. The van der Waals surface area contributed by atoms with Gasteiger partial charge in [-0.3, -0.25) is 9.59 Å². The van der Waals surface area contributed by atoms with E-state index in [0.717, 1.165) is 11.3 Å². The van der Waals surface area contributed by atoms with Crippen molar-refractivity contribution in [1.82, 2.24) is 10.7 Å². The van der Waals surface area contributed by atoms with Crippen molar-refractivity contribution in [2.24, 2.45) is 11.0 Å². The van der Waals surface area contributed by atoms with Gasteiger partial charge in [-0.2, -0.15) is 5.10 Å². The maximum absolute atomic E-state index is 12.5. The second kappa shape index (κ2) is 10.8. The molecule has 0 aliphatic heterocycles. The van der Waals surface area contributed by atoms with Crippen molar-refractivity contribution in [2.45, 2.75) is 26.8 Å². The lowest BCUT2D eigenvalue weighted by Gasteiger charge is -2.20. The average molecular weight is 397 g/mol. The van der Waals surface area contributed by atoms with Crippen molar-refractivity contribution in [3.8, 4) is 11.5 Å². The second-order valence-corrected chi connectivity index (χ2v) is 6.66. The predicted octanol–water partition coefficient (Wildman–Crippen LogP) is 3.00. The second-order valence-electron chi connectivity index (χ2n) is 6.66. The van der Waals surface area contributed by atoms with Crippen LogP contribution in [0.1, 0.15) is 36.7 Å². The third-order valence-electron chi connectivity index (χ3n) is 4.17. The van der Waals surface area contributed by atoms with E-state index in [0.29, 0.717) is 17.9 Å². The summed E-state index contributed by atoms with van der Waals surface area (Å²) in [7, 11) is 1.56. The van der Waals surface area contributed by atoms with Crippen molar-refractivity contribution in [3.63, 3.8) is 0 Å². The van der Waals surface area contributed by atoms with E-state index in [2.05, 4.69) is 15.8 Å². The molecular weight excluding hydrogens is 370 g/mol. The number of rotatable bonds is 9. The Labute approximate surface area is 171 Å². The summed E-state index contributed by atoms with van der Waals surface area (Å²) in [5.74, 6) is 0.594. The number of ether oxygens (including phenoxy) is 2. The molecule has 2 amide bonds. The first-order chi connectivity index (χ1) is 13.9. The average Bonchev–Trinajstić information content (AvgIpc) is 2.73. The van der Waals surface area contributed by atoms with Gasteiger partial charge in [0, 0.05) is 5.56 Å². The lowest BCUT2D eigenvalue weighted by molar-refractivity contribution is -0.123. The van der Waals surface area contributed by atoms with Crippen LogP contribution in [0.2, 0.25) is 0 Å². The highest BCUT2D eigenvalue weighted by atomic mass is 16.5. The fourth-order valence-electron chi connectivity index (χ4n) is 2.56. The molecule has 0 saturated heterocycles. The molecule has 0 radical (unpaired) electrons. The first-order valence-electron chi connectivity index (χ1n) is 9.45. The predicted molar refractivity (Wildman–Crippen MR) is 112 cm³/mol. The smallest absolute Gasteiger partial charge is 0.262 e. The van der Waals surface area contributed by atoms with E-state index in [1.165, 1.54) is 6.21 Å². The molecule has 0 fully saturated rings. The van der Waals surface area contributed by atoms with Crippen molar-refractivity contribution < 1.29 is 19.1 Å². The number of amides is 2. The van der Waals surface area contributed by atoms with Gasteiger partial charge in [-0.05, 0) is 66.9 Å². The number of methoxy groups -OCH3 is 1. The molecular formula is C22H27N3O4. The summed E-state index contributed by atoms with van der Waals surface area (Å²) in [6.07, 6.45) is 1.54. The number of benzene rings is 2. The topological polar surface area (TPSA) is 89.0 Å². The lowest BCUT2D eigenvalue weighted by atomic mass is 10.0. The molecule has 0 bridgehead atoms. The molecule has 2 aromatic carbocycles. The summed E-state index contributed by atoms with van der Waals surface area (Å²) in [5.41, 5.74) is 3.76. The van der Waals surface area contributed by atoms with Gasteiger partial charge in [-0.25, -0.2) is 5.43 Å². The molecule has 7 nitrogen and oxygen atoms in total. The number of nitrogens with one attached hydrogen (secondary N) is 2. The van der Waals surface area contributed by atoms with E-state index in [9.17, 15) is 9.59 Å². The highest BCUT2D eigenvalue weighted by molar-refractivity contribution is 5.97. The Morgan fingerprint density at radius 3 is 2.21 bits per heavy atom. The van der Waals surface area contributed by atoms with Crippen LogP contribution >= 0.6 is 0 Å². The van der Waals surface area contributed by atoms with Gasteiger partial charge in [0.2, 0.25) is 0 Å². The maximum atomic E-state index is 12.5. The van der Waals surface area contributed by atoms with E-state index < -0.39 is 6.04 Å². The molecule has 2 rings (SSSR count). The lowest BCUT2D eigenvalue weighted by Crippen LogP contribution is -2.48. The molecule has 29 heavy (non-hydrogen) atoms. The number of hydrazone groups is 1. The van der Waals surface area contributed by atoms with Crippen LogP contribution in [0, 0.1) is 5.92 Å². The molecule has 0 aliphatic rings. The number of carbonyl (C=O) groups is 2. The minimum absolute atomic E-state index is 0.113. The van der Waals surface area contributed by atoms with Crippen molar-refractivity contribution in [2.75, 3.05) is 13.7 Å². The van der Waals surface area contributed by atoms with E-state index in [1.807, 2.05) is 45.0 Å². The van der Waals surface area contributed by atoms with E-state index in [4.69, 9.17) is 9.47 Å². The first-order valence-corrected chi connectivity index (χ1v) is 9.45. The molecule has 0 aromatic heterocycles. The van der Waals surface area contributed by atoms with E-state index in [-0.39, 0.29) is 17.7 Å². The summed E-state index contributed by atoms with van der Waals surface area (Å²) in [4.78, 5) is 25.0. The molecule has 7 heteroatoms. The SMILES string of the molecule is CCOc1ccc(C=NNC(=O)C(NC(=O)c2ccc(OC)cc2)C(C)C)cc1. The minimum Gasteiger partial charge on any atom is -0.497 e. The Morgan fingerprint density at radius 1 is 1.03 bits per heavy atom. The Hall–Kier alpha value is -3.35. The standard InChI is InChI=1S/C22H27N3O4/c1-5-29-19-10-6-16(7-11-19)14-23-25-22(27)20(15(2)3)24-21(26)17-8-12-18(28-4)13-9-17/h6-15,20H,5H2,1-4H3,(H,24,26)(H,25,27). The summed E-state index contributed by atoms with van der Waals surface area (Å²) in [6.45, 7) is 6.23. The van der Waals surface area contributed by atoms with Gasteiger partial charge >= 0.3 is 0 Å². The molecule has 1 unspecified atom stereocenters. The third-order valence-corrected chi connectivity index (χ3v) is 4.17. The Morgan fingerprint density at radius 2 is 1.66 bits per heavy atom. The Balaban J connectivity index is 1.96. The molecule has 2 N–H and O–H groups in total. The number of carbonyl (C=O) groups excluding carboxylic acids is 2. The van der Waals surface area contributed by atoms with Gasteiger partial charge in [-0.1, -0.05) is 13.8 Å². The van der Waals surface area contributed by atoms with Crippen LogP contribution in [0.5, 0.6) is 11.5 Å². The van der Waals surface area contributed by atoms with Crippen LogP contribution in [-0.4, -0.2) is 37.8 Å². The van der Waals surface area contributed by atoms with Crippen LogP contribution in [0.25, 0.3) is 0 Å². The first kappa shape index (κ1) is 21.9. The van der Waals surface area contributed by atoms with Crippen molar-refractivity contribution in [1.29, 1.82) is 0 Å². The van der Waals surface area contributed by atoms with Gasteiger partial charge in [0.15, 0.2) is 0 Å². The molecule has 154 valence electrons. The zero-order valence-corrected chi connectivity index (χ0v) is 17.1. The number of hydrogen-bond donors (Lipinski definition) is 2. The van der Waals surface area contributed by atoms with Gasteiger partial charge < -0.3 is 14.8 Å². The number of nitrogens with zero attached hydrogens (tertiary/aromatic N) is 1. The van der Waals surface area contributed by atoms with Crippen molar-refractivity contribution >= 4 is 18.0 Å². The quantitative estimate of drug-likeness (QED) is 0.503. The fourth-order valence-corrected chi connectivity index (χ4v) is 2.56. The van der Waals surface area contributed by atoms with Crippen LogP contribution in [-0.2, 0) is 4.79 Å². The Kier molecular flexibility index (Phi) is 8.21. The highest BCUT2D eigenvalue weighted by Crippen LogP contribution is 2.13. The van der Waals surface area contributed by atoms with Gasteiger partial charge in [0.1, 0.15) is 17.5 Å².